The van der Waals surface area contributed by atoms with Crippen molar-refractivity contribution < 1.29 is 0 Å². The third-order valence-electron chi connectivity index (χ3n) is 4.97. The minimum atomic E-state index is 0.341. The van der Waals surface area contributed by atoms with E-state index in [4.69, 9.17) is 0 Å². The normalized spacial score (nSPS) is 54.2. The molecule has 0 amide bonds. The van der Waals surface area contributed by atoms with Crippen LogP contribution in [0.2, 0.25) is 0 Å². The van der Waals surface area contributed by atoms with E-state index in [0.29, 0.717) is 35.7 Å². The van der Waals surface area contributed by atoms with E-state index < -0.39 is 0 Å². The number of piperidine rings is 1. The van der Waals surface area contributed by atoms with Crippen LogP contribution in [-0.4, -0.2) is 48.8 Å². The molecular formula is C13H26N4. The van der Waals surface area contributed by atoms with Gasteiger partial charge in [0.1, 0.15) is 0 Å². The van der Waals surface area contributed by atoms with Crippen molar-refractivity contribution in [3.8, 4) is 0 Å². The summed E-state index contributed by atoms with van der Waals surface area (Å²) in [5.74, 6) is 0. The first kappa shape index (κ1) is 11.9. The third-order valence-corrected chi connectivity index (χ3v) is 4.97. The van der Waals surface area contributed by atoms with Gasteiger partial charge in [0.15, 0.2) is 0 Å². The molecule has 2 bridgehead atoms. The van der Waals surface area contributed by atoms with E-state index in [1.54, 1.807) is 0 Å². The zero-order valence-electron chi connectivity index (χ0n) is 11.2. The van der Waals surface area contributed by atoms with Crippen LogP contribution in [0.3, 0.4) is 0 Å². The Hall–Kier alpha value is -0.160. The molecule has 0 aromatic heterocycles. The molecule has 6 atom stereocenters. The Labute approximate surface area is 104 Å². The Bertz CT molecular complexity index is 287. The zero-order chi connectivity index (χ0) is 12.0. The number of nitrogens with one attached hydrogen (secondary N) is 4. The van der Waals surface area contributed by atoms with Crippen LogP contribution < -0.4 is 21.3 Å². The highest BCUT2D eigenvalue weighted by molar-refractivity contribution is 5.17. The summed E-state index contributed by atoms with van der Waals surface area (Å²) >= 11 is 0. The average Bonchev–Trinajstić information content (AvgIpc) is 2.20. The highest BCUT2D eigenvalue weighted by atomic mass is 15.2. The fraction of sp³-hybridized carbons (Fsp3) is 1.00. The summed E-state index contributed by atoms with van der Waals surface area (Å²) in [7, 11) is 0. The maximum Gasteiger partial charge on any atom is 0.0366 e. The lowest BCUT2D eigenvalue weighted by Gasteiger charge is -2.62. The van der Waals surface area contributed by atoms with Crippen molar-refractivity contribution in [1.82, 2.24) is 21.3 Å². The van der Waals surface area contributed by atoms with E-state index in [1.807, 2.05) is 0 Å². The molecule has 4 heteroatoms. The fourth-order valence-corrected chi connectivity index (χ4v) is 3.90. The molecule has 0 aliphatic carbocycles. The molecule has 0 spiro atoms. The molecule has 0 saturated carbocycles. The van der Waals surface area contributed by atoms with Crippen molar-refractivity contribution in [1.29, 1.82) is 0 Å². The Morgan fingerprint density at radius 2 is 1.88 bits per heavy atom. The predicted molar refractivity (Wildman–Crippen MR) is 70.2 cm³/mol. The molecular weight excluding hydrogens is 212 g/mol. The summed E-state index contributed by atoms with van der Waals surface area (Å²) < 4.78 is 0. The van der Waals surface area contributed by atoms with E-state index >= 15 is 0 Å². The molecule has 4 N–H and O–H groups in total. The first-order valence-corrected chi connectivity index (χ1v) is 7.09. The first-order chi connectivity index (χ1) is 8.09. The van der Waals surface area contributed by atoms with Gasteiger partial charge in [0.25, 0.3) is 0 Å². The molecule has 4 saturated heterocycles. The van der Waals surface area contributed by atoms with Gasteiger partial charge in [-0.1, -0.05) is 0 Å². The van der Waals surface area contributed by atoms with Crippen LogP contribution in [0.4, 0.5) is 0 Å². The van der Waals surface area contributed by atoms with Gasteiger partial charge < -0.3 is 21.3 Å². The minimum absolute atomic E-state index is 0.341. The average molecular weight is 238 g/mol. The van der Waals surface area contributed by atoms with Crippen molar-refractivity contribution in [2.24, 2.45) is 0 Å². The van der Waals surface area contributed by atoms with Crippen molar-refractivity contribution >= 4 is 0 Å². The van der Waals surface area contributed by atoms with Crippen LogP contribution in [-0.2, 0) is 0 Å². The van der Waals surface area contributed by atoms with E-state index in [2.05, 4.69) is 42.0 Å². The third kappa shape index (κ3) is 2.01. The number of fused-ring (bicyclic) bond motifs is 2. The SMILES string of the molecule is CC1CNCC(CC23CC(N2)C(C)NC3C)N1. The molecule has 4 nitrogen and oxygen atoms in total. The number of rotatable bonds is 2. The topological polar surface area (TPSA) is 48.1 Å². The first-order valence-electron chi connectivity index (χ1n) is 7.09. The molecule has 17 heavy (non-hydrogen) atoms. The Morgan fingerprint density at radius 3 is 2.53 bits per heavy atom. The Morgan fingerprint density at radius 1 is 1.12 bits per heavy atom. The Balaban J connectivity index is 1.62. The van der Waals surface area contributed by atoms with E-state index in [9.17, 15) is 0 Å². The van der Waals surface area contributed by atoms with Gasteiger partial charge in [0.05, 0.1) is 0 Å². The Kier molecular flexibility index (Phi) is 2.94. The van der Waals surface area contributed by atoms with Crippen molar-refractivity contribution in [3.63, 3.8) is 0 Å². The van der Waals surface area contributed by atoms with E-state index in [-0.39, 0.29) is 0 Å². The summed E-state index contributed by atoms with van der Waals surface area (Å²) in [6.45, 7) is 9.10. The molecule has 4 heterocycles. The van der Waals surface area contributed by atoms with Gasteiger partial charge in [-0.15, -0.1) is 0 Å². The van der Waals surface area contributed by atoms with Gasteiger partial charge in [-0.05, 0) is 33.6 Å². The quantitative estimate of drug-likeness (QED) is 0.538. The lowest BCUT2D eigenvalue weighted by atomic mass is 9.67. The van der Waals surface area contributed by atoms with Gasteiger partial charge in [0, 0.05) is 48.8 Å². The molecule has 98 valence electrons. The minimum Gasteiger partial charge on any atom is -0.314 e. The fourth-order valence-electron chi connectivity index (χ4n) is 3.90. The highest BCUT2D eigenvalue weighted by Crippen LogP contribution is 2.38. The smallest absolute Gasteiger partial charge is 0.0366 e. The number of hydrogen-bond acceptors (Lipinski definition) is 4. The van der Waals surface area contributed by atoms with E-state index in [0.717, 1.165) is 13.1 Å². The highest BCUT2D eigenvalue weighted by Gasteiger charge is 2.54. The van der Waals surface area contributed by atoms with Gasteiger partial charge in [-0.25, -0.2) is 0 Å². The summed E-state index contributed by atoms with van der Waals surface area (Å²) in [5.41, 5.74) is 0.341. The van der Waals surface area contributed by atoms with Crippen LogP contribution in [0.1, 0.15) is 33.6 Å². The molecule has 4 aliphatic heterocycles. The second kappa shape index (κ2) is 4.19. The van der Waals surface area contributed by atoms with E-state index in [1.165, 1.54) is 12.8 Å². The number of piperazine rings is 2. The van der Waals surface area contributed by atoms with Crippen LogP contribution in [0.15, 0.2) is 0 Å². The molecule has 0 aromatic rings. The summed E-state index contributed by atoms with van der Waals surface area (Å²) in [6.07, 6.45) is 2.58. The van der Waals surface area contributed by atoms with Gasteiger partial charge in [0.2, 0.25) is 0 Å². The van der Waals surface area contributed by atoms with Gasteiger partial charge in [-0.2, -0.15) is 0 Å². The van der Waals surface area contributed by atoms with Gasteiger partial charge in [-0.3, -0.25) is 0 Å². The van der Waals surface area contributed by atoms with Crippen molar-refractivity contribution in [2.75, 3.05) is 13.1 Å². The molecule has 0 radical (unpaired) electrons. The monoisotopic (exact) mass is 238 g/mol. The molecule has 6 unspecified atom stereocenters. The number of hydrogen-bond donors (Lipinski definition) is 4. The zero-order valence-corrected chi connectivity index (χ0v) is 11.2. The molecule has 4 aliphatic rings. The van der Waals surface area contributed by atoms with Crippen LogP contribution >= 0.6 is 0 Å². The second-order valence-corrected chi connectivity index (χ2v) is 6.42. The maximum absolute atomic E-state index is 3.82. The van der Waals surface area contributed by atoms with Crippen molar-refractivity contribution in [2.45, 2.75) is 69.4 Å². The lowest BCUT2D eigenvalue weighted by molar-refractivity contribution is 0.00227. The largest absolute Gasteiger partial charge is 0.314 e. The van der Waals surface area contributed by atoms with Gasteiger partial charge >= 0.3 is 0 Å². The summed E-state index contributed by atoms with van der Waals surface area (Å²) in [4.78, 5) is 0. The lowest BCUT2D eigenvalue weighted by Crippen LogP contribution is -2.82. The molecule has 4 fully saturated rings. The predicted octanol–water partition coefficient (Wildman–Crippen LogP) is -0.193. The van der Waals surface area contributed by atoms with Crippen molar-refractivity contribution in [3.05, 3.63) is 0 Å². The molecule has 0 aromatic carbocycles. The standard InChI is InChI=1S/C13H26N4/c1-8-6-14-7-11(15-8)4-13-5-12(17-13)9(2)16-10(13)3/h8-12,14-17H,4-7H2,1-3H3. The second-order valence-electron chi connectivity index (χ2n) is 6.42. The molecule has 4 rings (SSSR count). The van der Waals surface area contributed by atoms with Crippen LogP contribution in [0, 0.1) is 0 Å². The van der Waals surface area contributed by atoms with Crippen LogP contribution in [0.5, 0.6) is 0 Å². The summed E-state index contributed by atoms with van der Waals surface area (Å²) in [5, 5.41) is 14.8. The maximum atomic E-state index is 3.82. The summed E-state index contributed by atoms with van der Waals surface area (Å²) in [6, 6.07) is 3.13. The van der Waals surface area contributed by atoms with Crippen LogP contribution in [0.25, 0.3) is 0 Å².